The molecule has 0 aromatic heterocycles. The Balaban J connectivity index is 0. The number of hydrogen-bond donors (Lipinski definition) is 3. The zero-order valence-corrected chi connectivity index (χ0v) is 20.3. The number of hydrogen-bond acceptors (Lipinski definition) is 4. The topological polar surface area (TPSA) is 75.5 Å². The number of unbranched alkanes of at least 4 members (excludes halogenated alkanes) is 2. The van der Waals surface area contributed by atoms with Crippen LogP contribution in [0.1, 0.15) is 58.1 Å². The Kier molecular flexibility index (Phi) is 17.3. The summed E-state index contributed by atoms with van der Waals surface area (Å²) in [6.07, 6.45) is 4.08. The summed E-state index contributed by atoms with van der Waals surface area (Å²) < 4.78 is 0. The van der Waals surface area contributed by atoms with Gasteiger partial charge in [-0.25, -0.2) is 0 Å². The first-order valence-corrected chi connectivity index (χ1v) is 9.35. The van der Waals surface area contributed by atoms with Gasteiger partial charge < -0.3 is 11.5 Å². The molecule has 5 N–H and O–H groups in total. The largest absolute Gasteiger partial charge is 0.397 e. The summed E-state index contributed by atoms with van der Waals surface area (Å²) in [6.45, 7) is 8.42. The molecule has 2 aromatic carbocycles. The smallest absolute Gasteiger partial charge is 0.0724 e. The minimum Gasteiger partial charge on any atom is -0.397 e. The molecular weight excluding hydrogens is 411 g/mol. The first-order valence-electron chi connectivity index (χ1n) is 9.35. The third-order valence-electron chi connectivity index (χ3n) is 3.62. The van der Waals surface area contributed by atoms with Gasteiger partial charge in [0.1, 0.15) is 0 Å². The summed E-state index contributed by atoms with van der Waals surface area (Å²) in [6, 6.07) is 16.8. The molecular formula is C22H35N3OY. The third-order valence-corrected chi connectivity index (χ3v) is 3.62. The van der Waals surface area contributed by atoms with Gasteiger partial charge in [0.2, 0.25) is 0 Å². The molecule has 0 amide bonds. The quantitative estimate of drug-likeness (QED) is 0.420. The molecule has 0 aliphatic heterocycles. The van der Waals surface area contributed by atoms with E-state index in [9.17, 15) is 5.21 Å². The number of nitrogens with two attached hydrogens (primary N) is 2. The fourth-order valence-corrected chi connectivity index (χ4v) is 2.26. The van der Waals surface area contributed by atoms with Crippen LogP contribution in [0.2, 0.25) is 0 Å². The fourth-order valence-electron chi connectivity index (χ4n) is 2.26. The normalized spacial score (nSPS) is 10.1. The molecule has 4 nitrogen and oxygen atoms in total. The Hall–Kier alpha value is -1.36. The molecule has 0 fully saturated rings. The van der Waals surface area contributed by atoms with E-state index in [-0.39, 0.29) is 32.7 Å². The predicted octanol–water partition coefficient (Wildman–Crippen LogP) is 5.48. The molecule has 0 atom stereocenters. The second-order valence-corrected chi connectivity index (χ2v) is 5.59. The first-order chi connectivity index (χ1) is 12.5. The maximum absolute atomic E-state index is 9.62. The average molecular weight is 446 g/mol. The van der Waals surface area contributed by atoms with Crippen molar-refractivity contribution >= 4 is 17.1 Å². The Labute approximate surface area is 190 Å². The summed E-state index contributed by atoms with van der Waals surface area (Å²) in [7, 11) is 1.55. The van der Waals surface area contributed by atoms with Crippen LogP contribution in [0.5, 0.6) is 0 Å². The molecule has 2 aromatic rings. The summed E-state index contributed by atoms with van der Waals surface area (Å²) in [5.74, 6) is 0. The van der Waals surface area contributed by atoms with E-state index in [1.807, 2.05) is 62.4 Å². The van der Waals surface area contributed by atoms with Crippen LogP contribution in [0.3, 0.4) is 0 Å². The standard InChI is InChI=1S/C15H17N3O.C5H12.C2H6.Y/c1-18(19)13-10-6-5-9-12(13)15(17)14(16)11-7-3-2-4-8-11;1-3-5-4-2;1-2;/h2-10,19H,16-17H2,1H3;3-5H2,1-2H3;1-2H3;/b15-14-;;;. The maximum atomic E-state index is 9.62. The Morgan fingerprint density at radius 1 is 0.852 bits per heavy atom. The number of anilines is 1. The van der Waals surface area contributed by atoms with Gasteiger partial charge >= 0.3 is 0 Å². The van der Waals surface area contributed by atoms with Crippen LogP contribution in [-0.4, -0.2) is 12.3 Å². The number of rotatable bonds is 5. The zero-order valence-electron chi connectivity index (χ0n) is 17.4. The van der Waals surface area contributed by atoms with Crippen molar-refractivity contribution in [3.05, 3.63) is 65.7 Å². The van der Waals surface area contributed by atoms with Crippen molar-refractivity contribution in [2.45, 2.75) is 47.0 Å². The molecule has 147 valence electrons. The fraction of sp³-hybridized carbons (Fsp3) is 0.364. The summed E-state index contributed by atoms with van der Waals surface area (Å²) in [5.41, 5.74) is 15.3. The van der Waals surface area contributed by atoms with E-state index in [4.69, 9.17) is 11.5 Å². The van der Waals surface area contributed by atoms with Crippen LogP contribution < -0.4 is 16.5 Å². The average Bonchev–Trinajstić information content (AvgIpc) is 2.70. The molecule has 2 rings (SSSR count). The molecule has 0 bridgehead atoms. The van der Waals surface area contributed by atoms with Crippen molar-refractivity contribution in [1.82, 2.24) is 0 Å². The molecule has 0 unspecified atom stereocenters. The minimum absolute atomic E-state index is 0. The first kappa shape index (κ1) is 27.9. The van der Waals surface area contributed by atoms with Gasteiger partial charge in [0.05, 0.1) is 17.1 Å². The Morgan fingerprint density at radius 2 is 1.33 bits per heavy atom. The van der Waals surface area contributed by atoms with Crippen molar-refractivity contribution in [2.75, 3.05) is 12.1 Å². The van der Waals surface area contributed by atoms with Gasteiger partial charge in [-0.2, -0.15) is 0 Å². The van der Waals surface area contributed by atoms with E-state index >= 15 is 0 Å². The van der Waals surface area contributed by atoms with Gasteiger partial charge in [-0.15, -0.1) is 0 Å². The van der Waals surface area contributed by atoms with Gasteiger partial charge in [-0.3, -0.25) is 10.3 Å². The van der Waals surface area contributed by atoms with Crippen molar-refractivity contribution in [1.29, 1.82) is 0 Å². The van der Waals surface area contributed by atoms with E-state index in [0.717, 1.165) is 10.6 Å². The van der Waals surface area contributed by atoms with E-state index < -0.39 is 0 Å². The van der Waals surface area contributed by atoms with Crippen LogP contribution in [0.4, 0.5) is 5.69 Å². The van der Waals surface area contributed by atoms with Gasteiger partial charge in [-0.05, 0) is 11.6 Å². The van der Waals surface area contributed by atoms with E-state index in [2.05, 4.69) is 13.8 Å². The van der Waals surface area contributed by atoms with Gasteiger partial charge in [-0.1, -0.05) is 95.5 Å². The second-order valence-electron chi connectivity index (χ2n) is 5.59. The third kappa shape index (κ3) is 9.95. The molecule has 5 heteroatoms. The van der Waals surface area contributed by atoms with Crippen LogP contribution >= 0.6 is 0 Å². The maximum Gasteiger partial charge on any atom is 0.0724 e. The molecule has 0 heterocycles. The van der Waals surface area contributed by atoms with Crippen LogP contribution in [0, 0.1) is 0 Å². The summed E-state index contributed by atoms with van der Waals surface area (Å²) in [4.78, 5) is 0. The number of hydroxylamine groups is 1. The van der Waals surface area contributed by atoms with E-state index in [0.29, 0.717) is 22.6 Å². The number of benzene rings is 2. The summed E-state index contributed by atoms with van der Waals surface area (Å²) >= 11 is 0. The summed E-state index contributed by atoms with van der Waals surface area (Å²) in [5, 5.41) is 10.6. The van der Waals surface area contributed by atoms with Crippen LogP contribution in [-0.2, 0) is 32.7 Å². The van der Waals surface area contributed by atoms with E-state index in [1.54, 1.807) is 13.1 Å². The predicted molar refractivity (Wildman–Crippen MR) is 115 cm³/mol. The van der Waals surface area contributed by atoms with E-state index in [1.165, 1.54) is 19.3 Å². The molecule has 0 aliphatic carbocycles. The van der Waals surface area contributed by atoms with Gasteiger partial charge in [0, 0.05) is 45.3 Å². The monoisotopic (exact) mass is 446 g/mol. The molecule has 1 radical (unpaired) electrons. The Morgan fingerprint density at radius 3 is 1.78 bits per heavy atom. The molecule has 0 aliphatic rings. The van der Waals surface area contributed by atoms with Gasteiger partial charge in [0.25, 0.3) is 0 Å². The SMILES string of the molecule is CC.CCCCC.CN(O)c1ccccc1/C(N)=C(/N)c1ccccc1.[Y]. The zero-order chi connectivity index (χ0) is 19.9. The van der Waals surface area contributed by atoms with Crippen molar-refractivity contribution in [2.24, 2.45) is 11.5 Å². The molecule has 0 saturated heterocycles. The van der Waals surface area contributed by atoms with Crippen molar-refractivity contribution in [3.8, 4) is 0 Å². The Bertz CT molecular complexity index is 641. The molecule has 0 spiro atoms. The van der Waals surface area contributed by atoms with Crippen molar-refractivity contribution < 1.29 is 37.9 Å². The second kappa shape index (κ2) is 16.8. The van der Waals surface area contributed by atoms with Gasteiger partial charge in [0.15, 0.2) is 0 Å². The van der Waals surface area contributed by atoms with Crippen LogP contribution in [0.15, 0.2) is 54.6 Å². The van der Waals surface area contributed by atoms with Crippen LogP contribution in [0.25, 0.3) is 11.4 Å². The molecule has 0 saturated carbocycles. The van der Waals surface area contributed by atoms with Crippen molar-refractivity contribution in [3.63, 3.8) is 0 Å². The number of nitrogens with zero attached hydrogens (tertiary/aromatic N) is 1. The number of para-hydroxylation sites is 1. The minimum atomic E-state index is 0. The molecule has 27 heavy (non-hydrogen) atoms.